The fourth-order valence-electron chi connectivity index (χ4n) is 1.99. The molecule has 0 saturated carbocycles. The Bertz CT molecular complexity index is 823. The van der Waals surface area contributed by atoms with Crippen LogP contribution in [0.3, 0.4) is 0 Å². The van der Waals surface area contributed by atoms with Crippen molar-refractivity contribution in [2.24, 2.45) is 0 Å². The highest BCUT2D eigenvalue weighted by Crippen LogP contribution is 2.22. The lowest BCUT2D eigenvalue weighted by molar-refractivity contribution is 0.0950. The molecule has 0 aliphatic rings. The van der Waals surface area contributed by atoms with Crippen molar-refractivity contribution >= 4 is 34.4 Å². The van der Waals surface area contributed by atoms with Crippen LogP contribution in [-0.4, -0.2) is 11.7 Å². The van der Waals surface area contributed by atoms with Gasteiger partial charge in [-0.15, -0.1) is 22.7 Å². The molecular formula is C17H12FNO2S2. The average molecular weight is 345 g/mol. The Morgan fingerprint density at radius 1 is 1.00 bits per heavy atom. The Morgan fingerprint density at radius 3 is 2.48 bits per heavy atom. The van der Waals surface area contributed by atoms with E-state index in [4.69, 9.17) is 0 Å². The molecule has 3 aromatic rings. The number of thiophene rings is 2. The monoisotopic (exact) mass is 345 g/mol. The number of amides is 1. The van der Waals surface area contributed by atoms with Crippen molar-refractivity contribution in [3.63, 3.8) is 0 Å². The summed E-state index contributed by atoms with van der Waals surface area (Å²) in [4.78, 5) is 26.4. The molecule has 0 bridgehead atoms. The van der Waals surface area contributed by atoms with Gasteiger partial charge in [0.25, 0.3) is 5.91 Å². The van der Waals surface area contributed by atoms with Gasteiger partial charge in [0.2, 0.25) is 5.78 Å². The highest BCUT2D eigenvalue weighted by atomic mass is 32.1. The van der Waals surface area contributed by atoms with E-state index >= 15 is 0 Å². The molecule has 1 aromatic carbocycles. The van der Waals surface area contributed by atoms with Gasteiger partial charge in [-0.3, -0.25) is 9.59 Å². The van der Waals surface area contributed by atoms with E-state index in [1.165, 1.54) is 46.9 Å². The number of hydrogen-bond donors (Lipinski definition) is 1. The van der Waals surface area contributed by atoms with Gasteiger partial charge in [0.15, 0.2) is 0 Å². The highest BCUT2D eigenvalue weighted by Gasteiger charge is 2.13. The molecule has 0 aliphatic heterocycles. The fourth-order valence-corrected chi connectivity index (χ4v) is 3.64. The van der Waals surface area contributed by atoms with E-state index in [1.54, 1.807) is 12.1 Å². The summed E-state index contributed by atoms with van der Waals surface area (Å²) in [7, 11) is 0. The minimum absolute atomic E-state index is 0.00103. The largest absolute Gasteiger partial charge is 0.347 e. The molecule has 0 spiro atoms. The molecule has 3 rings (SSSR count). The molecule has 0 radical (unpaired) electrons. The van der Waals surface area contributed by atoms with Crippen LogP contribution in [0.4, 0.5) is 4.39 Å². The van der Waals surface area contributed by atoms with Gasteiger partial charge in [0.1, 0.15) is 5.82 Å². The lowest BCUT2D eigenvalue weighted by atomic mass is 10.2. The SMILES string of the molecule is O=C(NCc1ccc(C(=O)c2cccs2)s1)c1ccc(F)cc1. The maximum atomic E-state index is 12.8. The molecule has 2 aromatic heterocycles. The van der Waals surface area contributed by atoms with Crippen LogP contribution in [0.5, 0.6) is 0 Å². The Labute approximate surface area is 140 Å². The van der Waals surface area contributed by atoms with Crippen molar-refractivity contribution in [2.45, 2.75) is 6.54 Å². The summed E-state index contributed by atoms with van der Waals surface area (Å²) in [5, 5.41) is 4.63. The predicted octanol–water partition coefficient (Wildman–Crippen LogP) is 4.11. The van der Waals surface area contributed by atoms with Crippen LogP contribution in [0.2, 0.25) is 0 Å². The smallest absolute Gasteiger partial charge is 0.251 e. The molecule has 0 atom stereocenters. The number of hydrogen-bond acceptors (Lipinski definition) is 4. The third-order valence-corrected chi connectivity index (χ3v) is 5.11. The van der Waals surface area contributed by atoms with E-state index < -0.39 is 0 Å². The molecule has 3 nitrogen and oxygen atoms in total. The summed E-state index contributed by atoms with van der Waals surface area (Å²) >= 11 is 2.77. The fraction of sp³-hybridized carbons (Fsp3) is 0.0588. The molecule has 6 heteroatoms. The van der Waals surface area contributed by atoms with Crippen molar-refractivity contribution in [3.8, 4) is 0 Å². The van der Waals surface area contributed by atoms with Gasteiger partial charge in [-0.1, -0.05) is 6.07 Å². The zero-order chi connectivity index (χ0) is 16.2. The Balaban J connectivity index is 1.62. The zero-order valence-electron chi connectivity index (χ0n) is 11.9. The molecule has 23 heavy (non-hydrogen) atoms. The van der Waals surface area contributed by atoms with E-state index in [0.717, 1.165) is 4.88 Å². The molecule has 2 heterocycles. The van der Waals surface area contributed by atoms with Crippen molar-refractivity contribution in [3.05, 3.63) is 79.9 Å². The molecule has 0 saturated heterocycles. The Kier molecular flexibility index (Phi) is 4.64. The van der Waals surface area contributed by atoms with Crippen molar-refractivity contribution in [2.75, 3.05) is 0 Å². The first-order valence-electron chi connectivity index (χ1n) is 6.84. The van der Waals surface area contributed by atoms with Gasteiger partial charge < -0.3 is 5.32 Å². The van der Waals surface area contributed by atoms with Crippen LogP contribution in [0.25, 0.3) is 0 Å². The topological polar surface area (TPSA) is 46.2 Å². The zero-order valence-corrected chi connectivity index (χ0v) is 13.5. The second-order valence-corrected chi connectivity index (χ2v) is 6.88. The number of nitrogens with one attached hydrogen (secondary N) is 1. The van der Waals surface area contributed by atoms with Crippen LogP contribution < -0.4 is 5.32 Å². The van der Waals surface area contributed by atoms with Gasteiger partial charge in [-0.25, -0.2) is 4.39 Å². The predicted molar refractivity (Wildman–Crippen MR) is 89.6 cm³/mol. The average Bonchev–Trinajstić information content (AvgIpc) is 3.24. The van der Waals surface area contributed by atoms with Gasteiger partial charge >= 0.3 is 0 Å². The normalized spacial score (nSPS) is 10.5. The van der Waals surface area contributed by atoms with E-state index in [1.807, 2.05) is 17.5 Å². The summed E-state index contributed by atoms with van der Waals surface area (Å²) in [6.45, 7) is 0.332. The van der Waals surface area contributed by atoms with Crippen LogP contribution in [-0.2, 0) is 6.54 Å². The first-order chi connectivity index (χ1) is 11.1. The third-order valence-electron chi connectivity index (χ3n) is 3.16. The number of carbonyl (C=O) groups excluding carboxylic acids is 2. The molecule has 1 amide bonds. The van der Waals surface area contributed by atoms with Gasteiger partial charge in [-0.05, 0) is 47.8 Å². The number of benzene rings is 1. The molecule has 1 N–H and O–H groups in total. The minimum atomic E-state index is -0.378. The molecule has 0 unspecified atom stereocenters. The van der Waals surface area contributed by atoms with E-state index in [2.05, 4.69) is 5.32 Å². The van der Waals surface area contributed by atoms with Crippen LogP contribution in [0.1, 0.15) is 29.8 Å². The van der Waals surface area contributed by atoms with Crippen LogP contribution in [0, 0.1) is 5.82 Å². The van der Waals surface area contributed by atoms with Crippen molar-refractivity contribution in [1.29, 1.82) is 0 Å². The first kappa shape index (κ1) is 15.6. The summed E-state index contributed by atoms with van der Waals surface area (Å²) in [5.41, 5.74) is 0.401. The summed E-state index contributed by atoms with van der Waals surface area (Å²) in [5.74, 6) is -0.651. The van der Waals surface area contributed by atoms with Crippen LogP contribution in [0.15, 0.2) is 53.9 Å². The van der Waals surface area contributed by atoms with E-state index in [0.29, 0.717) is 21.9 Å². The number of carbonyl (C=O) groups is 2. The summed E-state index contributed by atoms with van der Waals surface area (Å²) < 4.78 is 12.8. The van der Waals surface area contributed by atoms with Crippen LogP contribution >= 0.6 is 22.7 Å². The lowest BCUT2D eigenvalue weighted by Crippen LogP contribution is -2.22. The van der Waals surface area contributed by atoms with E-state index in [9.17, 15) is 14.0 Å². The second kappa shape index (κ2) is 6.85. The van der Waals surface area contributed by atoms with Gasteiger partial charge in [0, 0.05) is 10.4 Å². The van der Waals surface area contributed by atoms with Crippen molar-refractivity contribution < 1.29 is 14.0 Å². The Hall–Kier alpha value is -2.31. The molecule has 116 valence electrons. The lowest BCUT2D eigenvalue weighted by Gasteiger charge is -2.03. The summed E-state index contributed by atoms with van der Waals surface area (Å²) in [6, 6.07) is 12.6. The van der Waals surface area contributed by atoms with Gasteiger partial charge in [-0.2, -0.15) is 0 Å². The standard InChI is InChI=1S/C17H12FNO2S2/c18-12-5-3-11(4-6-12)17(21)19-10-13-7-8-15(23-13)16(20)14-2-1-9-22-14/h1-9H,10H2,(H,19,21). The van der Waals surface area contributed by atoms with Crippen molar-refractivity contribution in [1.82, 2.24) is 5.32 Å². The highest BCUT2D eigenvalue weighted by molar-refractivity contribution is 7.16. The second-order valence-electron chi connectivity index (χ2n) is 4.76. The number of rotatable bonds is 5. The maximum Gasteiger partial charge on any atom is 0.251 e. The summed E-state index contributed by atoms with van der Waals surface area (Å²) in [6.07, 6.45) is 0. The number of halogens is 1. The maximum absolute atomic E-state index is 12.8. The first-order valence-corrected chi connectivity index (χ1v) is 8.54. The quantitative estimate of drug-likeness (QED) is 0.707. The van der Waals surface area contributed by atoms with Gasteiger partial charge in [0.05, 0.1) is 16.3 Å². The molecule has 0 aliphatic carbocycles. The molecular weight excluding hydrogens is 333 g/mol. The van der Waals surface area contributed by atoms with E-state index in [-0.39, 0.29) is 17.5 Å². The number of ketones is 1. The molecule has 0 fully saturated rings. The minimum Gasteiger partial charge on any atom is -0.347 e. The third kappa shape index (κ3) is 3.72. The Morgan fingerprint density at radius 2 is 1.78 bits per heavy atom.